The second-order valence-corrected chi connectivity index (χ2v) is 4.29. The van der Waals surface area contributed by atoms with Crippen LogP contribution in [0.1, 0.15) is 27.4 Å². The van der Waals surface area contributed by atoms with E-state index in [-0.39, 0.29) is 5.76 Å². The summed E-state index contributed by atoms with van der Waals surface area (Å²) in [6, 6.07) is 9.43. The third kappa shape index (κ3) is 3.16. The Morgan fingerprint density at radius 3 is 2.53 bits per heavy atom. The molecule has 4 nitrogen and oxygen atoms in total. The molecule has 1 aromatic carbocycles. The van der Waals surface area contributed by atoms with E-state index in [1.807, 2.05) is 31.2 Å². The molecule has 0 N–H and O–H groups in total. The summed E-state index contributed by atoms with van der Waals surface area (Å²) in [4.78, 5) is 11.3. The van der Waals surface area contributed by atoms with Gasteiger partial charge in [0.1, 0.15) is 18.1 Å². The zero-order valence-electron chi connectivity index (χ0n) is 11.2. The van der Waals surface area contributed by atoms with Crippen LogP contribution in [0.25, 0.3) is 0 Å². The molecule has 2 rings (SSSR count). The molecular formula is C15H16O4. The highest BCUT2D eigenvalue weighted by Gasteiger charge is 2.14. The van der Waals surface area contributed by atoms with Crippen molar-refractivity contribution >= 4 is 5.97 Å². The van der Waals surface area contributed by atoms with Crippen LogP contribution >= 0.6 is 0 Å². The molecule has 0 bridgehead atoms. The van der Waals surface area contributed by atoms with E-state index in [4.69, 9.17) is 9.15 Å². The second kappa shape index (κ2) is 5.61. The van der Waals surface area contributed by atoms with Crippen molar-refractivity contribution in [2.24, 2.45) is 0 Å². The molecule has 19 heavy (non-hydrogen) atoms. The zero-order valence-corrected chi connectivity index (χ0v) is 11.2. The predicted octanol–water partition coefficient (Wildman–Crippen LogP) is 3.26. The molecule has 0 aliphatic carbocycles. The van der Waals surface area contributed by atoms with Gasteiger partial charge < -0.3 is 13.9 Å². The lowest BCUT2D eigenvalue weighted by Crippen LogP contribution is -1.99. The van der Waals surface area contributed by atoms with E-state index in [1.165, 1.54) is 12.7 Å². The van der Waals surface area contributed by atoms with Crippen LogP contribution in [0.3, 0.4) is 0 Å². The van der Waals surface area contributed by atoms with Gasteiger partial charge in [-0.25, -0.2) is 4.79 Å². The maximum atomic E-state index is 11.3. The van der Waals surface area contributed by atoms with Gasteiger partial charge >= 0.3 is 5.97 Å². The number of benzene rings is 1. The van der Waals surface area contributed by atoms with Gasteiger partial charge in [0.15, 0.2) is 0 Å². The van der Waals surface area contributed by atoms with E-state index in [9.17, 15) is 4.79 Å². The van der Waals surface area contributed by atoms with Gasteiger partial charge in [0.05, 0.1) is 7.11 Å². The van der Waals surface area contributed by atoms with Crippen molar-refractivity contribution in [3.8, 4) is 5.75 Å². The average molecular weight is 260 g/mol. The van der Waals surface area contributed by atoms with Gasteiger partial charge in [0, 0.05) is 5.56 Å². The third-order valence-electron chi connectivity index (χ3n) is 2.82. The Kier molecular flexibility index (Phi) is 3.90. The number of esters is 1. The van der Waals surface area contributed by atoms with Crippen LogP contribution in [0.5, 0.6) is 5.75 Å². The number of methoxy groups -OCH3 is 1. The number of furan rings is 1. The SMILES string of the molecule is COC(=O)c1cc(COc2ccc(C)cc2)c(C)o1. The largest absolute Gasteiger partial charge is 0.489 e. The number of hydrogen-bond donors (Lipinski definition) is 0. The Labute approximate surface area is 111 Å². The van der Waals surface area contributed by atoms with Gasteiger partial charge in [-0.05, 0) is 32.0 Å². The summed E-state index contributed by atoms with van der Waals surface area (Å²) in [6.45, 7) is 4.17. The Hall–Kier alpha value is -2.23. The molecule has 1 aromatic heterocycles. The van der Waals surface area contributed by atoms with E-state index in [0.29, 0.717) is 12.4 Å². The van der Waals surface area contributed by atoms with Gasteiger partial charge in [-0.3, -0.25) is 0 Å². The van der Waals surface area contributed by atoms with E-state index in [0.717, 1.165) is 11.3 Å². The minimum Gasteiger partial charge on any atom is -0.489 e. The van der Waals surface area contributed by atoms with E-state index >= 15 is 0 Å². The summed E-state index contributed by atoms with van der Waals surface area (Å²) in [5, 5.41) is 0. The van der Waals surface area contributed by atoms with E-state index in [1.54, 1.807) is 13.0 Å². The van der Waals surface area contributed by atoms with Crippen LogP contribution < -0.4 is 4.74 Å². The highest BCUT2D eigenvalue weighted by atomic mass is 16.5. The standard InChI is InChI=1S/C15H16O4/c1-10-4-6-13(7-5-10)18-9-12-8-14(15(16)17-3)19-11(12)2/h4-8H,9H2,1-3H3. The molecule has 0 saturated heterocycles. The van der Waals surface area contributed by atoms with Gasteiger partial charge in [0.2, 0.25) is 5.76 Å². The maximum Gasteiger partial charge on any atom is 0.373 e. The molecule has 4 heteroatoms. The molecule has 0 unspecified atom stereocenters. The maximum absolute atomic E-state index is 11.3. The molecule has 0 aliphatic rings. The number of rotatable bonds is 4. The Morgan fingerprint density at radius 1 is 1.21 bits per heavy atom. The fourth-order valence-electron chi connectivity index (χ4n) is 1.66. The molecule has 100 valence electrons. The highest BCUT2D eigenvalue weighted by Crippen LogP contribution is 2.19. The first kappa shape index (κ1) is 13.2. The van der Waals surface area contributed by atoms with Crippen molar-refractivity contribution < 1.29 is 18.7 Å². The second-order valence-electron chi connectivity index (χ2n) is 4.29. The first-order valence-electron chi connectivity index (χ1n) is 5.97. The van der Waals surface area contributed by atoms with Crippen molar-refractivity contribution in [1.29, 1.82) is 0 Å². The Balaban J connectivity index is 2.05. The van der Waals surface area contributed by atoms with Gasteiger partial charge in [-0.2, -0.15) is 0 Å². The summed E-state index contributed by atoms with van der Waals surface area (Å²) in [6.07, 6.45) is 0. The first-order chi connectivity index (χ1) is 9.10. The lowest BCUT2D eigenvalue weighted by molar-refractivity contribution is 0.0563. The molecule has 1 heterocycles. The van der Waals surface area contributed by atoms with Crippen LogP contribution in [0.4, 0.5) is 0 Å². The predicted molar refractivity (Wildman–Crippen MR) is 70.3 cm³/mol. The average Bonchev–Trinajstić information content (AvgIpc) is 2.79. The molecule has 0 amide bonds. The molecule has 0 aliphatic heterocycles. The van der Waals surface area contributed by atoms with Crippen molar-refractivity contribution in [2.45, 2.75) is 20.5 Å². The van der Waals surface area contributed by atoms with Crippen LogP contribution in [-0.4, -0.2) is 13.1 Å². The van der Waals surface area contributed by atoms with Gasteiger partial charge in [-0.1, -0.05) is 17.7 Å². The van der Waals surface area contributed by atoms with E-state index < -0.39 is 5.97 Å². The molecule has 0 spiro atoms. The topological polar surface area (TPSA) is 48.7 Å². The lowest BCUT2D eigenvalue weighted by Gasteiger charge is -2.05. The number of aryl methyl sites for hydroxylation is 2. The molecule has 2 aromatic rings. The van der Waals surface area contributed by atoms with Gasteiger partial charge in [0.25, 0.3) is 0 Å². The van der Waals surface area contributed by atoms with E-state index in [2.05, 4.69) is 4.74 Å². The molecular weight excluding hydrogens is 244 g/mol. The van der Waals surface area contributed by atoms with Crippen molar-refractivity contribution in [3.63, 3.8) is 0 Å². The smallest absolute Gasteiger partial charge is 0.373 e. The number of ether oxygens (including phenoxy) is 2. The third-order valence-corrected chi connectivity index (χ3v) is 2.82. The summed E-state index contributed by atoms with van der Waals surface area (Å²) in [7, 11) is 1.32. The lowest BCUT2D eigenvalue weighted by atomic mass is 10.2. The fraction of sp³-hybridized carbons (Fsp3) is 0.267. The molecule has 0 atom stereocenters. The Morgan fingerprint density at radius 2 is 1.89 bits per heavy atom. The van der Waals surface area contributed by atoms with Crippen LogP contribution in [0, 0.1) is 13.8 Å². The highest BCUT2D eigenvalue weighted by molar-refractivity contribution is 5.86. The van der Waals surface area contributed by atoms with Gasteiger partial charge in [-0.15, -0.1) is 0 Å². The van der Waals surface area contributed by atoms with Crippen molar-refractivity contribution in [3.05, 3.63) is 53.0 Å². The summed E-state index contributed by atoms with van der Waals surface area (Å²) >= 11 is 0. The first-order valence-corrected chi connectivity index (χ1v) is 5.97. The quantitative estimate of drug-likeness (QED) is 0.792. The molecule has 0 saturated carbocycles. The normalized spacial score (nSPS) is 10.3. The van der Waals surface area contributed by atoms with Crippen LogP contribution in [0.2, 0.25) is 0 Å². The summed E-state index contributed by atoms with van der Waals surface area (Å²) < 4.78 is 15.6. The van der Waals surface area contributed by atoms with Crippen LogP contribution in [0.15, 0.2) is 34.7 Å². The fourth-order valence-corrected chi connectivity index (χ4v) is 1.66. The minimum absolute atomic E-state index is 0.197. The zero-order chi connectivity index (χ0) is 13.8. The van der Waals surface area contributed by atoms with Crippen molar-refractivity contribution in [2.75, 3.05) is 7.11 Å². The Bertz CT molecular complexity index is 566. The minimum atomic E-state index is -0.482. The number of carbonyl (C=O) groups excluding carboxylic acids is 1. The molecule has 0 radical (unpaired) electrons. The molecule has 0 fully saturated rings. The monoisotopic (exact) mass is 260 g/mol. The number of hydrogen-bond acceptors (Lipinski definition) is 4. The summed E-state index contributed by atoms with van der Waals surface area (Å²) in [5.74, 6) is 1.16. The van der Waals surface area contributed by atoms with Crippen molar-refractivity contribution in [1.82, 2.24) is 0 Å². The van der Waals surface area contributed by atoms with Crippen LogP contribution in [-0.2, 0) is 11.3 Å². The number of carbonyl (C=O) groups is 1. The summed E-state index contributed by atoms with van der Waals surface area (Å²) in [5.41, 5.74) is 2.01.